The number of benzene rings is 1. The summed E-state index contributed by atoms with van der Waals surface area (Å²) in [6.45, 7) is 0. The summed E-state index contributed by atoms with van der Waals surface area (Å²) in [5, 5.41) is 21.5. The molecule has 0 spiro atoms. The number of hydrogen-bond donors (Lipinski definition) is 4. The molecular formula is C6H9BO6S. The predicted octanol–water partition coefficient (Wildman–Crippen LogP) is -1.12. The van der Waals surface area contributed by atoms with Crippen LogP contribution in [-0.4, -0.2) is 35.4 Å². The van der Waals surface area contributed by atoms with Gasteiger partial charge < -0.3 is 15.1 Å². The van der Waals surface area contributed by atoms with E-state index in [2.05, 4.69) is 0 Å². The molecule has 0 saturated carbocycles. The van der Waals surface area contributed by atoms with Crippen molar-refractivity contribution >= 4 is 17.4 Å². The van der Waals surface area contributed by atoms with E-state index in [-0.39, 0.29) is 4.90 Å². The Kier molecular flexibility index (Phi) is 5.35. The van der Waals surface area contributed by atoms with Crippen molar-refractivity contribution in [2.75, 3.05) is 0 Å². The first-order valence-corrected chi connectivity index (χ1v) is 4.85. The summed E-state index contributed by atoms with van der Waals surface area (Å²) < 4.78 is 29.2. The lowest BCUT2D eigenvalue weighted by Crippen LogP contribution is -2.07. The molecule has 0 aromatic heterocycles. The Hall–Kier alpha value is -0.925. The van der Waals surface area contributed by atoms with Crippen LogP contribution in [0.15, 0.2) is 35.2 Å². The topological polar surface area (TPSA) is 115 Å². The van der Waals surface area contributed by atoms with Crippen LogP contribution in [0.25, 0.3) is 0 Å². The molecule has 0 aliphatic heterocycles. The largest absolute Gasteiger partial charge is 0.631 e. The summed E-state index contributed by atoms with van der Waals surface area (Å²) in [4.78, 5) is -0.0741. The van der Waals surface area contributed by atoms with E-state index in [1.165, 1.54) is 12.1 Å². The molecule has 78 valence electrons. The first kappa shape index (κ1) is 13.1. The van der Waals surface area contributed by atoms with Gasteiger partial charge in [0.2, 0.25) is 0 Å². The highest BCUT2D eigenvalue weighted by molar-refractivity contribution is 7.85. The Morgan fingerprint density at radius 3 is 1.57 bits per heavy atom. The van der Waals surface area contributed by atoms with Crippen LogP contribution in [-0.2, 0) is 10.1 Å². The quantitative estimate of drug-likeness (QED) is 0.352. The molecule has 0 heterocycles. The molecular weight excluding hydrogens is 211 g/mol. The third kappa shape index (κ3) is 6.58. The summed E-state index contributed by atoms with van der Waals surface area (Å²) in [6.07, 6.45) is 0. The molecule has 1 rings (SSSR count). The number of hydrogen-bond acceptors (Lipinski definition) is 5. The zero-order valence-corrected chi connectivity index (χ0v) is 7.79. The lowest BCUT2D eigenvalue weighted by atomic mass is 10.3. The molecule has 0 fully saturated rings. The third-order valence-corrected chi connectivity index (χ3v) is 1.91. The Morgan fingerprint density at radius 1 is 1.00 bits per heavy atom. The molecule has 6 nitrogen and oxygen atoms in total. The van der Waals surface area contributed by atoms with Crippen molar-refractivity contribution < 1.29 is 28.0 Å². The Labute approximate surface area is 81.4 Å². The zero-order chi connectivity index (χ0) is 11.2. The van der Waals surface area contributed by atoms with Crippen molar-refractivity contribution in [3.63, 3.8) is 0 Å². The normalized spacial score (nSPS) is 10.0. The summed E-state index contributed by atoms with van der Waals surface area (Å²) in [7, 11) is -6.17. The molecule has 8 heteroatoms. The van der Waals surface area contributed by atoms with E-state index in [4.69, 9.17) is 19.6 Å². The minimum atomic E-state index is -4.00. The number of rotatable bonds is 1. The van der Waals surface area contributed by atoms with Gasteiger partial charge >= 0.3 is 7.32 Å². The maximum atomic E-state index is 10.4. The average molecular weight is 220 g/mol. The fraction of sp³-hybridized carbons (Fsp3) is 0. The van der Waals surface area contributed by atoms with Crippen LogP contribution in [0.3, 0.4) is 0 Å². The van der Waals surface area contributed by atoms with Crippen molar-refractivity contribution in [3.05, 3.63) is 30.3 Å². The van der Waals surface area contributed by atoms with Gasteiger partial charge in [0.15, 0.2) is 0 Å². The van der Waals surface area contributed by atoms with Gasteiger partial charge in [-0.25, -0.2) is 0 Å². The smallest absolute Gasteiger partial charge is 0.402 e. The van der Waals surface area contributed by atoms with Crippen LogP contribution in [0, 0.1) is 0 Å². The van der Waals surface area contributed by atoms with Gasteiger partial charge in [-0.2, -0.15) is 8.42 Å². The van der Waals surface area contributed by atoms with Gasteiger partial charge in [0.25, 0.3) is 10.1 Å². The van der Waals surface area contributed by atoms with Gasteiger partial charge in [-0.15, -0.1) is 0 Å². The minimum Gasteiger partial charge on any atom is -0.402 e. The van der Waals surface area contributed by atoms with E-state index >= 15 is 0 Å². The average Bonchev–Trinajstić information content (AvgIpc) is 2.03. The zero-order valence-electron chi connectivity index (χ0n) is 6.98. The van der Waals surface area contributed by atoms with Crippen molar-refractivity contribution in [1.29, 1.82) is 0 Å². The molecule has 1 aromatic carbocycles. The van der Waals surface area contributed by atoms with Gasteiger partial charge in [0, 0.05) is 0 Å². The van der Waals surface area contributed by atoms with Crippen LogP contribution in [0.4, 0.5) is 0 Å². The molecule has 0 bridgehead atoms. The highest BCUT2D eigenvalue weighted by Crippen LogP contribution is 2.05. The SMILES string of the molecule is O=S(=O)(O)c1ccccc1.OB(O)O. The highest BCUT2D eigenvalue weighted by Gasteiger charge is 2.05. The lowest BCUT2D eigenvalue weighted by Gasteiger charge is -1.92. The molecule has 4 N–H and O–H groups in total. The second-order valence-corrected chi connectivity index (χ2v) is 3.56. The minimum absolute atomic E-state index is 0.0741. The van der Waals surface area contributed by atoms with Crippen LogP contribution in [0.5, 0.6) is 0 Å². The van der Waals surface area contributed by atoms with Crippen molar-refractivity contribution in [2.45, 2.75) is 4.90 Å². The second kappa shape index (κ2) is 5.73. The Morgan fingerprint density at radius 2 is 1.36 bits per heavy atom. The third-order valence-electron chi connectivity index (χ3n) is 1.04. The maximum Gasteiger partial charge on any atom is 0.631 e. The van der Waals surface area contributed by atoms with E-state index in [1.54, 1.807) is 18.2 Å². The lowest BCUT2D eigenvalue weighted by molar-refractivity contribution is 0.278. The van der Waals surface area contributed by atoms with E-state index < -0.39 is 17.4 Å². The van der Waals surface area contributed by atoms with Gasteiger partial charge in [0.1, 0.15) is 0 Å². The van der Waals surface area contributed by atoms with Crippen LogP contribution in [0.1, 0.15) is 0 Å². The fourth-order valence-electron chi connectivity index (χ4n) is 0.592. The standard InChI is InChI=1S/C6H6O3S.BH3O3/c7-10(8,9)6-4-2-1-3-5-6;2-1(3)4/h1-5H,(H,7,8,9);2-4H. The van der Waals surface area contributed by atoms with E-state index in [0.717, 1.165) is 0 Å². The Bertz CT molecular complexity index is 345. The van der Waals surface area contributed by atoms with E-state index in [0.29, 0.717) is 0 Å². The van der Waals surface area contributed by atoms with Gasteiger partial charge in [-0.1, -0.05) is 18.2 Å². The van der Waals surface area contributed by atoms with Crippen LogP contribution in [0.2, 0.25) is 0 Å². The molecule has 0 unspecified atom stereocenters. The first-order valence-electron chi connectivity index (χ1n) is 3.41. The van der Waals surface area contributed by atoms with Crippen molar-refractivity contribution in [2.24, 2.45) is 0 Å². The second-order valence-electron chi connectivity index (χ2n) is 2.13. The van der Waals surface area contributed by atoms with Gasteiger partial charge in [-0.05, 0) is 12.1 Å². The fourth-order valence-corrected chi connectivity index (χ4v) is 1.09. The monoisotopic (exact) mass is 220 g/mol. The highest BCUT2D eigenvalue weighted by atomic mass is 32.2. The summed E-state index contributed by atoms with van der Waals surface area (Å²) >= 11 is 0. The molecule has 14 heavy (non-hydrogen) atoms. The predicted molar refractivity (Wildman–Crippen MR) is 48.7 cm³/mol. The molecule has 0 aliphatic rings. The summed E-state index contributed by atoms with van der Waals surface area (Å²) in [5.74, 6) is 0. The summed E-state index contributed by atoms with van der Waals surface area (Å²) in [6, 6.07) is 7.42. The molecule has 1 aromatic rings. The first-order chi connectivity index (χ1) is 6.34. The molecule has 0 atom stereocenters. The van der Waals surface area contributed by atoms with Crippen LogP contribution >= 0.6 is 0 Å². The molecule has 0 aliphatic carbocycles. The van der Waals surface area contributed by atoms with Gasteiger partial charge in [0.05, 0.1) is 4.90 Å². The van der Waals surface area contributed by atoms with E-state index in [1.807, 2.05) is 0 Å². The molecule has 0 radical (unpaired) electrons. The Balaban J connectivity index is 0.000000364. The van der Waals surface area contributed by atoms with Crippen molar-refractivity contribution in [1.82, 2.24) is 0 Å². The maximum absolute atomic E-state index is 10.4. The van der Waals surface area contributed by atoms with Crippen molar-refractivity contribution in [3.8, 4) is 0 Å². The van der Waals surface area contributed by atoms with Crippen LogP contribution < -0.4 is 0 Å². The molecule has 0 amide bonds. The molecule has 0 saturated heterocycles. The van der Waals surface area contributed by atoms with E-state index in [9.17, 15) is 8.42 Å². The van der Waals surface area contributed by atoms with Gasteiger partial charge in [-0.3, -0.25) is 4.55 Å². The summed E-state index contributed by atoms with van der Waals surface area (Å²) in [5.41, 5.74) is 0.